The molecule has 2 aliphatic rings. The van der Waals surface area contributed by atoms with Crippen LogP contribution in [0.3, 0.4) is 0 Å². The Morgan fingerprint density at radius 3 is 2.73 bits per heavy atom. The van der Waals surface area contributed by atoms with Crippen molar-refractivity contribution in [2.75, 3.05) is 20.2 Å². The number of carboxylic acid groups (broad SMARTS) is 1. The highest BCUT2D eigenvalue weighted by Crippen LogP contribution is 2.52. The monoisotopic (exact) mass is 301 g/mol. The highest BCUT2D eigenvalue weighted by atomic mass is 16.5. The highest BCUT2D eigenvalue weighted by Gasteiger charge is 2.60. The maximum Gasteiger partial charge on any atom is 0.307 e. The van der Waals surface area contributed by atoms with Gasteiger partial charge in [-0.05, 0) is 24.0 Å². The predicted molar refractivity (Wildman–Crippen MR) is 75.8 cm³/mol. The van der Waals surface area contributed by atoms with Gasteiger partial charge in [0.25, 0.3) is 5.91 Å². The third-order valence-electron chi connectivity index (χ3n) is 4.72. The summed E-state index contributed by atoms with van der Waals surface area (Å²) in [7, 11) is 1.55. The second kappa shape index (κ2) is 4.46. The van der Waals surface area contributed by atoms with E-state index in [-0.39, 0.29) is 23.7 Å². The van der Waals surface area contributed by atoms with Gasteiger partial charge in [-0.2, -0.15) is 5.10 Å². The second-order valence-corrected chi connectivity index (χ2v) is 5.83. The van der Waals surface area contributed by atoms with Crippen LogP contribution in [0.2, 0.25) is 0 Å². The molecule has 3 atom stereocenters. The van der Waals surface area contributed by atoms with Crippen molar-refractivity contribution < 1.29 is 19.4 Å². The number of methoxy groups -OCH3 is 1. The van der Waals surface area contributed by atoms with Gasteiger partial charge in [0.15, 0.2) is 0 Å². The molecule has 0 bridgehead atoms. The van der Waals surface area contributed by atoms with Crippen molar-refractivity contribution in [3.05, 3.63) is 30.1 Å². The number of rotatable bonds is 3. The third-order valence-corrected chi connectivity index (χ3v) is 4.72. The van der Waals surface area contributed by atoms with Gasteiger partial charge in [0.1, 0.15) is 11.3 Å². The van der Waals surface area contributed by atoms with Crippen molar-refractivity contribution in [3.8, 4) is 5.75 Å². The van der Waals surface area contributed by atoms with E-state index >= 15 is 0 Å². The lowest BCUT2D eigenvalue weighted by atomic mass is 10.2. The molecule has 0 aromatic carbocycles. The molecule has 1 saturated heterocycles. The minimum absolute atomic E-state index is 0.102. The third kappa shape index (κ3) is 1.71. The minimum atomic E-state index is -0.750. The van der Waals surface area contributed by atoms with Crippen molar-refractivity contribution in [1.29, 1.82) is 0 Å². The van der Waals surface area contributed by atoms with Crippen LogP contribution in [0.5, 0.6) is 5.75 Å². The van der Waals surface area contributed by atoms with E-state index < -0.39 is 5.97 Å². The molecule has 7 heteroatoms. The lowest BCUT2D eigenvalue weighted by molar-refractivity contribution is -0.139. The summed E-state index contributed by atoms with van der Waals surface area (Å²) in [5, 5.41) is 13.2. The van der Waals surface area contributed by atoms with Crippen LogP contribution in [-0.4, -0.2) is 51.7 Å². The Labute approximate surface area is 126 Å². The zero-order valence-electron chi connectivity index (χ0n) is 12.0. The van der Waals surface area contributed by atoms with Crippen LogP contribution in [0.15, 0.2) is 24.5 Å². The van der Waals surface area contributed by atoms with Crippen LogP contribution in [0.1, 0.15) is 10.4 Å². The molecule has 2 aromatic rings. The smallest absolute Gasteiger partial charge is 0.307 e. The second-order valence-electron chi connectivity index (χ2n) is 5.83. The number of pyridine rings is 1. The van der Waals surface area contributed by atoms with Gasteiger partial charge in [-0.3, -0.25) is 9.59 Å². The molecule has 1 amide bonds. The van der Waals surface area contributed by atoms with E-state index in [4.69, 9.17) is 9.84 Å². The molecule has 1 aliphatic carbocycles. The topological polar surface area (TPSA) is 84.1 Å². The van der Waals surface area contributed by atoms with Crippen molar-refractivity contribution in [2.45, 2.75) is 0 Å². The Morgan fingerprint density at radius 1 is 1.36 bits per heavy atom. The van der Waals surface area contributed by atoms with Gasteiger partial charge in [-0.25, -0.2) is 4.52 Å². The lowest BCUT2D eigenvalue weighted by Crippen LogP contribution is -2.32. The summed E-state index contributed by atoms with van der Waals surface area (Å²) in [6.45, 7) is 1.01. The maximum atomic E-state index is 12.7. The summed E-state index contributed by atoms with van der Waals surface area (Å²) in [5.74, 6) is -0.343. The number of nitrogens with zero attached hydrogens (tertiary/aromatic N) is 3. The molecule has 2 aromatic heterocycles. The quantitative estimate of drug-likeness (QED) is 0.904. The molecule has 114 valence electrons. The van der Waals surface area contributed by atoms with Crippen molar-refractivity contribution in [1.82, 2.24) is 14.5 Å². The first-order chi connectivity index (χ1) is 10.6. The summed E-state index contributed by atoms with van der Waals surface area (Å²) < 4.78 is 6.92. The number of piperidine rings is 1. The first-order valence-electron chi connectivity index (χ1n) is 7.14. The molecule has 3 heterocycles. The summed E-state index contributed by atoms with van der Waals surface area (Å²) in [4.78, 5) is 25.4. The number of aromatic nitrogens is 2. The Balaban J connectivity index is 1.61. The number of hydrogen-bond acceptors (Lipinski definition) is 4. The molecule has 0 radical (unpaired) electrons. The average molecular weight is 301 g/mol. The van der Waals surface area contributed by atoms with E-state index in [1.807, 2.05) is 0 Å². The number of amides is 1. The molecule has 4 rings (SSSR count). The summed E-state index contributed by atoms with van der Waals surface area (Å²) >= 11 is 0. The van der Waals surface area contributed by atoms with Crippen LogP contribution >= 0.6 is 0 Å². The standard InChI is InChI=1S/C15H15N3O4/c1-22-11-3-2-4-18-13(11)8(5-16-18)14(19)17-6-9-10(7-17)12(9)15(20)21/h2-5,9-10,12H,6-7H2,1H3,(H,20,21)/t9-,10+,12?. The summed E-state index contributed by atoms with van der Waals surface area (Å²) in [5.41, 5.74) is 1.14. The number of fused-ring (bicyclic) bond motifs is 2. The van der Waals surface area contributed by atoms with E-state index in [0.717, 1.165) is 0 Å². The SMILES string of the molecule is COc1cccn2ncc(C(=O)N3C[C@@H]4C(C(=O)O)[C@@H]4C3)c12. The van der Waals surface area contributed by atoms with E-state index in [2.05, 4.69) is 5.10 Å². The van der Waals surface area contributed by atoms with Gasteiger partial charge in [0, 0.05) is 19.3 Å². The molecular formula is C15H15N3O4. The summed E-state index contributed by atoms with van der Waals surface area (Å²) in [6, 6.07) is 3.59. The molecule has 1 saturated carbocycles. The Hall–Kier alpha value is -2.57. The van der Waals surface area contributed by atoms with Crippen LogP contribution < -0.4 is 4.74 Å². The number of carboxylic acids is 1. The van der Waals surface area contributed by atoms with Crippen LogP contribution in [0, 0.1) is 17.8 Å². The number of hydrogen-bond donors (Lipinski definition) is 1. The van der Waals surface area contributed by atoms with Crippen LogP contribution in [-0.2, 0) is 4.79 Å². The first kappa shape index (κ1) is 13.1. The molecule has 2 fully saturated rings. The van der Waals surface area contributed by atoms with E-state index in [9.17, 15) is 9.59 Å². The molecule has 0 spiro atoms. The van der Waals surface area contributed by atoms with Gasteiger partial charge >= 0.3 is 5.97 Å². The maximum absolute atomic E-state index is 12.7. The average Bonchev–Trinajstić information content (AvgIpc) is 2.89. The zero-order chi connectivity index (χ0) is 15.4. The highest BCUT2D eigenvalue weighted by molar-refractivity contribution is 6.02. The Kier molecular flexibility index (Phi) is 2.66. The molecule has 1 unspecified atom stereocenters. The van der Waals surface area contributed by atoms with Crippen molar-refractivity contribution >= 4 is 17.4 Å². The normalized spacial score (nSPS) is 26.0. The Bertz CT molecular complexity index is 772. The fourth-order valence-corrected chi connectivity index (χ4v) is 3.56. The van der Waals surface area contributed by atoms with Gasteiger partial charge < -0.3 is 14.7 Å². The summed E-state index contributed by atoms with van der Waals surface area (Å²) in [6.07, 6.45) is 3.30. The Morgan fingerprint density at radius 2 is 2.09 bits per heavy atom. The number of likely N-dealkylation sites (tertiary alicyclic amines) is 1. The first-order valence-corrected chi connectivity index (χ1v) is 7.14. The van der Waals surface area contributed by atoms with Crippen LogP contribution in [0.4, 0.5) is 0 Å². The van der Waals surface area contributed by atoms with Gasteiger partial charge in [0.05, 0.1) is 24.8 Å². The molecule has 22 heavy (non-hydrogen) atoms. The number of carbonyl (C=O) groups excluding carboxylic acids is 1. The minimum Gasteiger partial charge on any atom is -0.494 e. The molecule has 7 nitrogen and oxygen atoms in total. The van der Waals surface area contributed by atoms with E-state index in [1.54, 1.807) is 41.1 Å². The van der Waals surface area contributed by atoms with Crippen LogP contribution in [0.25, 0.3) is 5.52 Å². The fraction of sp³-hybridized carbons (Fsp3) is 0.400. The number of ether oxygens (including phenoxy) is 1. The van der Waals surface area contributed by atoms with Gasteiger partial charge in [-0.15, -0.1) is 0 Å². The molecular weight excluding hydrogens is 286 g/mol. The fourth-order valence-electron chi connectivity index (χ4n) is 3.56. The predicted octanol–water partition coefficient (Wildman–Crippen LogP) is 0.745. The number of carbonyl (C=O) groups is 2. The molecule has 1 N–H and O–H groups in total. The van der Waals surface area contributed by atoms with Gasteiger partial charge in [0.2, 0.25) is 0 Å². The largest absolute Gasteiger partial charge is 0.494 e. The van der Waals surface area contributed by atoms with Gasteiger partial charge in [-0.1, -0.05) is 0 Å². The number of aliphatic carboxylic acids is 1. The lowest BCUT2D eigenvalue weighted by Gasteiger charge is -2.18. The zero-order valence-corrected chi connectivity index (χ0v) is 12.0. The van der Waals surface area contributed by atoms with E-state index in [1.165, 1.54) is 0 Å². The molecule has 1 aliphatic heterocycles. The van der Waals surface area contributed by atoms with E-state index in [0.29, 0.717) is 29.9 Å². The van der Waals surface area contributed by atoms with Crippen molar-refractivity contribution in [3.63, 3.8) is 0 Å². The van der Waals surface area contributed by atoms with Crippen molar-refractivity contribution in [2.24, 2.45) is 17.8 Å².